The molecule has 18 heavy (non-hydrogen) atoms. The third-order valence-electron chi connectivity index (χ3n) is 1.83. The molecule has 0 atom stereocenters. The van der Waals surface area contributed by atoms with Crippen molar-refractivity contribution in [3.8, 4) is 6.07 Å². The number of rotatable bonds is 3. The van der Waals surface area contributed by atoms with E-state index in [9.17, 15) is 27.3 Å². The van der Waals surface area contributed by atoms with Crippen LogP contribution in [0.15, 0.2) is 11.1 Å². The molecular weight excluding hydrogens is 296 g/mol. The van der Waals surface area contributed by atoms with Crippen molar-refractivity contribution in [2.45, 2.75) is 11.3 Å². The number of nitrogens with zero attached hydrogens (tertiary/aromatic N) is 3. The van der Waals surface area contributed by atoms with Gasteiger partial charge in [-0.15, -0.1) is 0 Å². The normalized spacial score (nSPS) is 11.3. The molecule has 1 rings (SSSR count). The first-order chi connectivity index (χ1) is 8.20. The first kappa shape index (κ1) is 14.2. The number of alkyl halides is 2. The number of pyridine rings is 1. The van der Waals surface area contributed by atoms with Crippen molar-refractivity contribution in [2.75, 3.05) is 0 Å². The first-order valence-corrected chi connectivity index (χ1v) is 6.31. The maximum absolute atomic E-state index is 12.7. The van der Waals surface area contributed by atoms with Gasteiger partial charge in [-0.3, -0.25) is 0 Å². The van der Waals surface area contributed by atoms with Crippen LogP contribution in [0.4, 0.5) is 14.6 Å². The smallest absolute Gasteiger partial charge is 0.358 e. The van der Waals surface area contributed by atoms with Gasteiger partial charge in [-0.2, -0.15) is 5.26 Å². The summed E-state index contributed by atoms with van der Waals surface area (Å²) in [5.41, 5.74) is -2.45. The van der Waals surface area contributed by atoms with E-state index in [1.165, 1.54) is 0 Å². The average molecular weight is 298 g/mol. The molecule has 0 aliphatic carbocycles. The topological polar surface area (TPSA) is 114 Å². The van der Waals surface area contributed by atoms with Crippen LogP contribution in [0.25, 0.3) is 0 Å². The second kappa shape index (κ2) is 4.79. The van der Waals surface area contributed by atoms with Crippen LogP contribution < -0.4 is 0 Å². The molecule has 0 unspecified atom stereocenters. The molecule has 0 aliphatic rings. The maximum Gasteiger partial charge on any atom is 0.382 e. The molecule has 7 nitrogen and oxygen atoms in total. The highest BCUT2D eigenvalue weighted by Crippen LogP contribution is 2.34. The SMILES string of the molecule is N#Cc1c([N+](=O)[O-])ncc(S(=O)(=O)Cl)c1C(F)F. The summed E-state index contributed by atoms with van der Waals surface area (Å²) in [4.78, 5) is 11.2. The number of hydrogen-bond donors (Lipinski definition) is 0. The zero-order valence-corrected chi connectivity index (χ0v) is 9.74. The summed E-state index contributed by atoms with van der Waals surface area (Å²) in [6.45, 7) is 0. The lowest BCUT2D eigenvalue weighted by molar-refractivity contribution is -0.390. The van der Waals surface area contributed by atoms with Crippen LogP contribution in [0, 0.1) is 21.4 Å². The van der Waals surface area contributed by atoms with Gasteiger partial charge in [0.25, 0.3) is 15.5 Å². The number of aromatic nitrogens is 1. The van der Waals surface area contributed by atoms with E-state index >= 15 is 0 Å². The molecule has 11 heteroatoms. The first-order valence-electron chi connectivity index (χ1n) is 4.00. The van der Waals surface area contributed by atoms with Crippen molar-refractivity contribution >= 4 is 25.6 Å². The van der Waals surface area contributed by atoms with Crippen molar-refractivity contribution in [3.63, 3.8) is 0 Å². The Kier molecular flexibility index (Phi) is 3.78. The van der Waals surface area contributed by atoms with E-state index in [1.807, 2.05) is 0 Å². The summed E-state index contributed by atoms with van der Waals surface area (Å²) in [5.74, 6) is -1.16. The Morgan fingerprint density at radius 3 is 2.44 bits per heavy atom. The maximum atomic E-state index is 12.7. The van der Waals surface area contributed by atoms with Crippen LogP contribution in [0.5, 0.6) is 0 Å². The summed E-state index contributed by atoms with van der Waals surface area (Å²) < 4.78 is 47.5. The highest BCUT2D eigenvalue weighted by molar-refractivity contribution is 8.13. The van der Waals surface area contributed by atoms with Crippen LogP contribution in [0.1, 0.15) is 17.6 Å². The van der Waals surface area contributed by atoms with Gasteiger partial charge in [-0.05, 0) is 9.91 Å². The quantitative estimate of drug-likeness (QED) is 0.477. The Morgan fingerprint density at radius 2 is 2.11 bits per heavy atom. The van der Waals surface area contributed by atoms with Gasteiger partial charge in [0, 0.05) is 10.7 Å². The Bertz CT molecular complexity index is 655. The Labute approximate surface area is 103 Å². The lowest BCUT2D eigenvalue weighted by Crippen LogP contribution is -2.07. The minimum Gasteiger partial charge on any atom is -0.358 e. The van der Waals surface area contributed by atoms with E-state index in [1.54, 1.807) is 0 Å². The van der Waals surface area contributed by atoms with Crippen molar-refractivity contribution in [2.24, 2.45) is 0 Å². The largest absolute Gasteiger partial charge is 0.382 e. The van der Waals surface area contributed by atoms with Gasteiger partial charge in [0.05, 0.1) is 5.56 Å². The molecule has 0 radical (unpaired) electrons. The van der Waals surface area contributed by atoms with E-state index in [0.29, 0.717) is 6.20 Å². The van der Waals surface area contributed by atoms with E-state index in [4.69, 9.17) is 15.9 Å². The van der Waals surface area contributed by atoms with Gasteiger partial charge in [0.2, 0.25) is 0 Å². The highest BCUT2D eigenvalue weighted by atomic mass is 35.7. The predicted molar refractivity (Wildman–Crippen MR) is 53.6 cm³/mol. The third kappa shape index (κ3) is 2.52. The average Bonchev–Trinajstić information content (AvgIpc) is 2.25. The zero-order valence-electron chi connectivity index (χ0n) is 8.17. The number of halogens is 3. The monoisotopic (exact) mass is 297 g/mol. The fourth-order valence-corrected chi connectivity index (χ4v) is 2.16. The molecule has 0 saturated heterocycles. The predicted octanol–water partition coefficient (Wildman–Crippen LogP) is 1.73. The lowest BCUT2D eigenvalue weighted by Gasteiger charge is -2.06. The summed E-state index contributed by atoms with van der Waals surface area (Å²) in [5, 5.41) is 19.1. The Morgan fingerprint density at radius 1 is 1.56 bits per heavy atom. The Hall–Kier alpha value is -1.86. The van der Waals surface area contributed by atoms with E-state index in [0.717, 1.165) is 6.07 Å². The van der Waals surface area contributed by atoms with Gasteiger partial charge >= 0.3 is 5.82 Å². The van der Waals surface area contributed by atoms with E-state index in [2.05, 4.69) is 4.98 Å². The lowest BCUT2D eigenvalue weighted by atomic mass is 10.1. The molecule has 0 aliphatic heterocycles. The fourth-order valence-electron chi connectivity index (χ4n) is 1.16. The second-order valence-corrected chi connectivity index (χ2v) is 5.38. The summed E-state index contributed by atoms with van der Waals surface area (Å²) >= 11 is 0. The van der Waals surface area contributed by atoms with Crippen molar-refractivity contribution < 1.29 is 22.1 Å². The number of nitro groups is 1. The summed E-state index contributed by atoms with van der Waals surface area (Å²) in [7, 11) is 0.291. The van der Waals surface area contributed by atoms with Gasteiger partial charge in [0.15, 0.2) is 11.8 Å². The molecule has 0 N–H and O–H groups in total. The van der Waals surface area contributed by atoms with Crippen molar-refractivity contribution in [3.05, 3.63) is 27.4 Å². The standard InChI is InChI=1S/C7H2ClF2N3O4S/c8-18(16,17)4-2-12-7(13(14)15)3(1-11)5(4)6(9)10/h2,6H. The molecule has 1 heterocycles. The number of hydrogen-bond acceptors (Lipinski definition) is 6. The van der Waals surface area contributed by atoms with Gasteiger partial charge in [0.1, 0.15) is 11.0 Å². The number of nitriles is 1. The van der Waals surface area contributed by atoms with Crippen LogP contribution in [0.2, 0.25) is 0 Å². The van der Waals surface area contributed by atoms with Crippen LogP contribution in [-0.2, 0) is 9.05 Å². The molecule has 0 spiro atoms. The third-order valence-corrected chi connectivity index (χ3v) is 3.18. The van der Waals surface area contributed by atoms with Crippen LogP contribution in [-0.4, -0.2) is 18.3 Å². The minimum absolute atomic E-state index is 0.322. The highest BCUT2D eigenvalue weighted by Gasteiger charge is 2.33. The van der Waals surface area contributed by atoms with Crippen molar-refractivity contribution in [1.29, 1.82) is 5.26 Å². The summed E-state index contributed by atoms with van der Waals surface area (Å²) in [6.07, 6.45) is -3.10. The van der Waals surface area contributed by atoms with Gasteiger partial charge < -0.3 is 10.1 Å². The molecule has 96 valence electrons. The molecule has 0 fully saturated rings. The molecular formula is C7H2ClF2N3O4S. The minimum atomic E-state index is -4.60. The molecule has 0 amide bonds. The molecule has 0 aromatic carbocycles. The molecule has 0 bridgehead atoms. The molecule has 1 aromatic heterocycles. The molecule has 1 aromatic rings. The second-order valence-electron chi connectivity index (χ2n) is 2.84. The molecule has 0 saturated carbocycles. The zero-order chi connectivity index (χ0) is 14.1. The Balaban J connectivity index is 3.83. The summed E-state index contributed by atoms with van der Waals surface area (Å²) in [6, 6.07) is 1.13. The van der Waals surface area contributed by atoms with Crippen LogP contribution >= 0.6 is 10.7 Å². The van der Waals surface area contributed by atoms with E-state index in [-0.39, 0.29) is 0 Å². The van der Waals surface area contributed by atoms with Crippen LogP contribution in [0.3, 0.4) is 0 Å². The van der Waals surface area contributed by atoms with Gasteiger partial charge in [-0.1, -0.05) is 0 Å². The van der Waals surface area contributed by atoms with Crippen molar-refractivity contribution in [1.82, 2.24) is 4.98 Å². The fraction of sp³-hybridized carbons (Fsp3) is 0.143. The van der Waals surface area contributed by atoms with E-state index < -0.39 is 42.2 Å². The van der Waals surface area contributed by atoms with Gasteiger partial charge in [-0.25, -0.2) is 17.2 Å².